The lowest BCUT2D eigenvalue weighted by molar-refractivity contribution is -0.156. The van der Waals surface area contributed by atoms with Crippen LogP contribution in [0.3, 0.4) is 0 Å². The van der Waals surface area contributed by atoms with Crippen LogP contribution < -0.4 is 5.32 Å². The molecule has 2 atom stereocenters. The Balaban J connectivity index is 2.58. The van der Waals surface area contributed by atoms with Crippen LogP contribution in [0.2, 0.25) is 0 Å². The second kappa shape index (κ2) is 5.29. The average molecular weight is 237 g/mol. The largest absolute Gasteiger partial charge is 0.479 e. The summed E-state index contributed by atoms with van der Waals surface area (Å²) in [7, 11) is 0. The number of benzene rings is 1. The van der Waals surface area contributed by atoms with Crippen molar-refractivity contribution in [1.82, 2.24) is 5.32 Å². The van der Waals surface area contributed by atoms with E-state index in [2.05, 4.69) is 5.32 Å². The molecule has 0 aliphatic carbocycles. The lowest BCUT2D eigenvalue weighted by atomic mass is 10.0. The third-order valence-corrected chi connectivity index (χ3v) is 2.79. The average Bonchev–Trinajstić information content (AvgIpc) is 2.27. The van der Waals surface area contributed by atoms with Crippen molar-refractivity contribution in [3.8, 4) is 0 Å². The third kappa shape index (κ3) is 3.84. The number of aliphatic hydroxyl groups is 1. The molecule has 0 aromatic heterocycles. The maximum absolute atomic E-state index is 10.7. The number of nitrogens with one attached hydrogen (secondary N) is 1. The molecule has 0 saturated carbocycles. The van der Waals surface area contributed by atoms with E-state index in [-0.39, 0.29) is 12.6 Å². The van der Waals surface area contributed by atoms with Gasteiger partial charge in [0, 0.05) is 12.6 Å². The fourth-order valence-corrected chi connectivity index (χ4v) is 1.40. The van der Waals surface area contributed by atoms with Gasteiger partial charge in [-0.25, -0.2) is 4.79 Å². The number of aryl methyl sites for hydroxylation is 1. The topological polar surface area (TPSA) is 69.6 Å². The van der Waals surface area contributed by atoms with Crippen molar-refractivity contribution in [3.63, 3.8) is 0 Å². The molecule has 0 fully saturated rings. The van der Waals surface area contributed by atoms with Gasteiger partial charge in [0.05, 0.1) is 0 Å². The molecule has 0 aliphatic rings. The highest BCUT2D eigenvalue weighted by Crippen LogP contribution is 2.14. The second-order valence-corrected chi connectivity index (χ2v) is 4.59. The van der Waals surface area contributed by atoms with Gasteiger partial charge in [0.25, 0.3) is 0 Å². The molecule has 0 bridgehead atoms. The Morgan fingerprint density at radius 2 is 1.94 bits per heavy atom. The predicted octanol–water partition coefficient (Wildman–Crippen LogP) is 1.48. The molecule has 4 heteroatoms. The Morgan fingerprint density at radius 1 is 1.41 bits per heavy atom. The zero-order chi connectivity index (χ0) is 13.1. The summed E-state index contributed by atoms with van der Waals surface area (Å²) < 4.78 is 0. The maximum atomic E-state index is 10.7. The minimum atomic E-state index is -1.74. The molecule has 1 aromatic carbocycles. The minimum Gasteiger partial charge on any atom is -0.479 e. The summed E-state index contributed by atoms with van der Waals surface area (Å²) in [5.41, 5.74) is 0.508. The number of hydrogen-bond donors (Lipinski definition) is 3. The van der Waals surface area contributed by atoms with Gasteiger partial charge in [0.15, 0.2) is 5.60 Å². The molecule has 0 radical (unpaired) electrons. The molecule has 0 spiro atoms. The SMILES string of the molecule is Cc1ccc([C@@H](C)NCC(C)(O)C(=O)O)cc1. The van der Waals surface area contributed by atoms with Crippen LogP contribution in [-0.2, 0) is 4.79 Å². The van der Waals surface area contributed by atoms with E-state index in [0.29, 0.717) is 0 Å². The fraction of sp³-hybridized carbons (Fsp3) is 0.462. The van der Waals surface area contributed by atoms with E-state index in [1.54, 1.807) is 0 Å². The van der Waals surface area contributed by atoms with Gasteiger partial charge >= 0.3 is 5.97 Å². The summed E-state index contributed by atoms with van der Waals surface area (Å²) in [6.07, 6.45) is 0. The molecular formula is C13H19NO3. The smallest absolute Gasteiger partial charge is 0.336 e. The van der Waals surface area contributed by atoms with Crippen LogP contribution in [0.4, 0.5) is 0 Å². The Bertz CT molecular complexity index is 384. The van der Waals surface area contributed by atoms with E-state index in [1.165, 1.54) is 12.5 Å². The normalized spacial score (nSPS) is 16.2. The van der Waals surface area contributed by atoms with Gasteiger partial charge in [0.2, 0.25) is 0 Å². The van der Waals surface area contributed by atoms with Crippen molar-refractivity contribution in [3.05, 3.63) is 35.4 Å². The first kappa shape index (κ1) is 13.7. The lowest BCUT2D eigenvalue weighted by Crippen LogP contribution is -2.45. The molecule has 1 rings (SSSR count). The summed E-state index contributed by atoms with van der Waals surface area (Å²) in [6.45, 7) is 5.24. The van der Waals surface area contributed by atoms with Gasteiger partial charge in [-0.3, -0.25) is 0 Å². The molecule has 1 unspecified atom stereocenters. The summed E-state index contributed by atoms with van der Waals surface area (Å²) in [6, 6.07) is 7.98. The summed E-state index contributed by atoms with van der Waals surface area (Å²) in [5, 5.41) is 21.3. The highest BCUT2D eigenvalue weighted by Gasteiger charge is 2.29. The number of aliphatic carboxylic acids is 1. The fourth-order valence-electron chi connectivity index (χ4n) is 1.40. The van der Waals surface area contributed by atoms with E-state index >= 15 is 0 Å². The van der Waals surface area contributed by atoms with Gasteiger partial charge in [-0.1, -0.05) is 29.8 Å². The Hall–Kier alpha value is -1.39. The van der Waals surface area contributed by atoms with Gasteiger partial charge in [-0.05, 0) is 26.3 Å². The first-order valence-corrected chi connectivity index (χ1v) is 5.58. The van der Waals surface area contributed by atoms with Gasteiger partial charge in [0.1, 0.15) is 0 Å². The Labute approximate surface area is 101 Å². The number of carboxylic acids is 1. The minimum absolute atomic E-state index is 0.00132. The van der Waals surface area contributed by atoms with Crippen LogP contribution in [0.5, 0.6) is 0 Å². The molecule has 1 aromatic rings. The lowest BCUT2D eigenvalue weighted by Gasteiger charge is -2.22. The van der Waals surface area contributed by atoms with Crippen LogP contribution in [0.1, 0.15) is 31.0 Å². The van der Waals surface area contributed by atoms with Crippen molar-refractivity contribution in [1.29, 1.82) is 0 Å². The molecule has 0 aliphatic heterocycles. The van der Waals surface area contributed by atoms with E-state index in [9.17, 15) is 9.90 Å². The third-order valence-electron chi connectivity index (χ3n) is 2.79. The summed E-state index contributed by atoms with van der Waals surface area (Å²) >= 11 is 0. The molecular weight excluding hydrogens is 218 g/mol. The van der Waals surface area contributed by atoms with Crippen molar-refractivity contribution >= 4 is 5.97 Å². The van der Waals surface area contributed by atoms with Gasteiger partial charge in [-0.15, -0.1) is 0 Å². The molecule has 0 heterocycles. The number of rotatable bonds is 5. The van der Waals surface area contributed by atoms with Crippen LogP contribution in [0.15, 0.2) is 24.3 Å². The van der Waals surface area contributed by atoms with Crippen LogP contribution in [-0.4, -0.2) is 28.3 Å². The first-order chi connectivity index (χ1) is 7.83. The van der Waals surface area contributed by atoms with E-state index in [1.807, 2.05) is 38.1 Å². The van der Waals surface area contributed by atoms with Crippen molar-refractivity contribution < 1.29 is 15.0 Å². The quantitative estimate of drug-likeness (QED) is 0.725. The van der Waals surface area contributed by atoms with E-state index < -0.39 is 11.6 Å². The van der Waals surface area contributed by atoms with Crippen LogP contribution in [0, 0.1) is 6.92 Å². The molecule has 4 nitrogen and oxygen atoms in total. The molecule has 0 amide bonds. The highest BCUT2D eigenvalue weighted by molar-refractivity contribution is 5.76. The predicted molar refractivity (Wildman–Crippen MR) is 65.9 cm³/mol. The maximum Gasteiger partial charge on any atom is 0.336 e. The first-order valence-electron chi connectivity index (χ1n) is 5.58. The number of hydrogen-bond acceptors (Lipinski definition) is 3. The molecule has 94 valence electrons. The molecule has 17 heavy (non-hydrogen) atoms. The van der Waals surface area contributed by atoms with Crippen molar-refractivity contribution in [2.45, 2.75) is 32.4 Å². The Morgan fingerprint density at radius 3 is 2.41 bits per heavy atom. The Kier molecular flexibility index (Phi) is 4.26. The van der Waals surface area contributed by atoms with Crippen molar-refractivity contribution in [2.24, 2.45) is 0 Å². The highest BCUT2D eigenvalue weighted by atomic mass is 16.4. The zero-order valence-corrected chi connectivity index (χ0v) is 10.4. The van der Waals surface area contributed by atoms with Crippen LogP contribution in [0.25, 0.3) is 0 Å². The van der Waals surface area contributed by atoms with Crippen LogP contribution >= 0.6 is 0 Å². The summed E-state index contributed by atoms with van der Waals surface area (Å²) in [4.78, 5) is 10.7. The van der Waals surface area contributed by atoms with Crippen molar-refractivity contribution in [2.75, 3.05) is 6.54 Å². The zero-order valence-electron chi connectivity index (χ0n) is 10.4. The number of carboxylic acid groups (broad SMARTS) is 1. The van der Waals surface area contributed by atoms with E-state index in [4.69, 9.17) is 5.11 Å². The number of carbonyl (C=O) groups is 1. The molecule has 0 saturated heterocycles. The second-order valence-electron chi connectivity index (χ2n) is 4.59. The van der Waals surface area contributed by atoms with Gasteiger partial charge in [-0.2, -0.15) is 0 Å². The standard InChI is InChI=1S/C13H19NO3/c1-9-4-6-11(7-5-9)10(2)14-8-13(3,17)12(15)16/h4-7,10,14,17H,8H2,1-3H3,(H,15,16)/t10-,13?/m1/s1. The monoisotopic (exact) mass is 237 g/mol. The molecule has 3 N–H and O–H groups in total. The van der Waals surface area contributed by atoms with E-state index in [0.717, 1.165) is 5.56 Å². The van der Waals surface area contributed by atoms with Gasteiger partial charge < -0.3 is 15.5 Å². The summed E-state index contributed by atoms with van der Waals surface area (Å²) in [5.74, 6) is -1.22.